The molecule has 4 aromatic rings. The fraction of sp³-hybridized carbons (Fsp3) is 0.281. The van der Waals surface area contributed by atoms with Gasteiger partial charge in [-0.2, -0.15) is 4.98 Å². The molecule has 4 rings (SSSR count). The van der Waals surface area contributed by atoms with E-state index in [2.05, 4.69) is 33.8 Å². The van der Waals surface area contributed by atoms with E-state index in [0.29, 0.717) is 53.9 Å². The van der Waals surface area contributed by atoms with Gasteiger partial charge < -0.3 is 21.4 Å². The molecule has 2 aromatic carbocycles. The topological polar surface area (TPSA) is 125 Å². The predicted octanol–water partition coefficient (Wildman–Crippen LogP) is 5.58. The molecule has 0 fully saturated rings. The summed E-state index contributed by atoms with van der Waals surface area (Å²) in [6, 6.07) is 12.5. The van der Waals surface area contributed by atoms with E-state index in [-0.39, 0.29) is 22.9 Å². The summed E-state index contributed by atoms with van der Waals surface area (Å²) in [7, 11) is 0. The number of rotatable bonds is 15. The molecule has 0 bridgehead atoms. The highest BCUT2D eigenvalue weighted by Gasteiger charge is 2.16. The summed E-state index contributed by atoms with van der Waals surface area (Å²) in [5.74, 6) is -0.687. The lowest BCUT2D eigenvalue weighted by Gasteiger charge is -2.16. The lowest BCUT2D eigenvalue weighted by atomic mass is 10.0. The van der Waals surface area contributed by atoms with E-state index in [9.17, 15) is 9.18 Å². The number of nitrogens with zero attached hydrogens (tertiary/aromatic N) is 2. The number of hydrogen-bond acceptors (Lipinski definition) is 5. The van der Waals surface area contributed by atoms with Gasteiger partial charge in [-0.15, -0.1) is 13.2 Å². The Balaban J connectivity index is 1.49. The third kappa shape index (κ3) is 8.25. The molecule has 2 heterocycles. The Bertz CT molecular complexity index is 1650. The highest BCUT2D eigenvalue weighted by Crippen LogP contribution is 2.31. The number of benzene rings is 2. The summed E-state index contributed by atoms with van der Waals surface area (Å²) in [5.41, 5.74) is 9.07. The summed E-state index contributed by atoms with van der Waals surface area (Å²) in [5, 5.41) is 14.1. The molecule has 6 N–H and O–H groups in total. The van der Waals surface area contributed by atoms with Crippen LogP contribution in [0, 0.1) is 11.2 Å². The second kappa shape index (κ2) is 14.9. The molecule has 226 valence electrons. The summed E-state index contributed by atoms with van der Waals surface area (Å²) in [6.07, 6.45) is 8.05. The first-order chi connectivity index (χ1) is 20.7. The summed E-state index contributed by atoms with van der Waals surface area (Å²) in [6.45, 7) is 7.73. The van der Waals surface area contributed by atoms with Gasteiger partial charge in [-0.3, -0.25) is 9.98 Å². The Morgan fingerprint density at radius 2 is 1.93 bits per heavy atom. The largest absolute Gasteiger partial charge is 0.372 e. The number of nitrogens with one attached hydrogen (secondary N) is 4. The fourth-order valence-corrected chi connectivity index (χ4v) is 4.96. The number of aryl methyl sites for hydroxylation is 1. The van der Waals surface area contributed by atoms with Crippen LogP contribution in [0.15, 0.2) is 78.8 Å². The molecule has 0 saturated carbocycles. The highest BCUT2D eigenvalue weighted by molar-refractivity contribution is 6.31. The molecule has 0 aliphatic carbocycles. The molecule has 8 nitrogen and oxygen atoms in total. The van der Waals surface area contributed by atoms with Crippen LogP contribution < -0.4 is 22.1 Å². The van der Waals surface area contributed by atoms with Crippen molar-refractivity contribution in [3.63, 3.8) is 0 Å². The SMILES string of the molecule is C=C[C@@H](N)CCCc1cc(Cl)c(F)c(-c2cc3cn(-c4ccc(CN[C@H](C=C)CCNC(=N)CF)cc4)c(=O)nc3[nH]2)c1. The summed E-state index contributed by atoms with van der Waals surface area (Å²) >= 11 is 6.23. The van der Waals surface area contributed by atoms with Gasteiger partial charge in [0, 0.05) is 42.3 Å². The molecule has 0 aliphatic heterocycles. The first-order valence-electron chi connectivity index (χ1n) is 14.0. The van der Waals surface area contributed by atoms with Crippen molar-refractivity contribution in [1.82, 2.24) is 25.2 Å². The lowest BCUT2D eigenvalue weighted by Crippen LogP contribution is -2.33. The van der Waals surface area contributed by atoms with Crippen LogP contribution in [0.25, 0.3) is 28.0 Å². The van der Waals surface area contributed by atoms with Crippen molar-refractivity contribution in [2.24, 2.45) is 5.73 Å². The molecule has 0 radical (unpaired) electrons. The van der Waals surface area contributed by atoms with E-state index in [1.54, 1.807) is 36.5 Å². The minimum Gasteiger partial charge on any atom is -0.372 e. The minimum absolute atomic E-state index is 0.0208. The van der Waals surface area contributed by atoms with Crippen LogP contribution in [0.2, 0.25) is 5.02 Å². The van der Waals surface area contributed by atoms with Gasteiger partial charge in [0.25, 0.3) is 0 Å². The Labute approximate surface area is 254 Å². The number of amidine groups is 1. The molecule has 2 aromatic heterocycles. The Hall–Kier alpha value is -4.12. The number of alkyl halides is 1. The average molecular weight is 608 g/mol. The molecule has 0 aliphatic rings. The molecule has 0 saturated heterocycles. The van der Waals surface area contributed by atoms with E-state index in [0.717, 1.165) is 24.0 Å². The first kappa shape index (κ1) is 31.8. The Kier molecular flexibility index (Phi) is 11.0. The quantitative estimate of drug-likeness (QED) is 0.0685. The molecular formula is C32H36ClF2N7O. The molecule has 0 amide bonds. The lowest BCUT2D eigenvalue weighted by molar-refractivity contribution is 0.537. The van der Waals surface area contributed by atoms with Crippen LogP contribution in [0.4, 0.5) is 8.78 Å². The van der Waals surface area contributed by atoms with Crippen molar-refractivity contribution < 1.29 is 8.78 Å². The van der Waals surface area contributed by atoms with Crippen molar-refractivity contribution in [2.75, 3.05) is 13.2 Å². The van der Waals surface area contributed by atoms with Gasteiger partial charge in [-0.05, 0) is 67.1 Å². The maximum atomic E-state index is 15.1. The Morgan fingerprint density at radius 1 is 1.16 bits per heavy atom. The van der Waals surface area contributed by atoms with Crippen LogP contribution in [-0.4, -0.2) is 45.7 Å². The van der Waals surface area contributed by atoms with Gasteiger partial charge in [0.05, 0.1) is 16.4 Å². The van der Waals surface area contributed by atoms with E-state index >= 15 is 4.39 Å². The van der Waals surface area contributed by atoms with Crippen molar-refractivity contribution in [3.8, 4) is 16.9 Å². The van der Waals surface area contributed by atoms with Crippen LogP contribution in [0.5, 0.6) is 0 Å². The molecule has 0 unspecified atom stereocenters. The highest BCUT2D eigenvalue weighted by atomic mass is 35.5. The maximum absolute atomic E-state index is 15.1. The molecular weight excluding hydrogens is 572 g/mol. The number of fused-ring (bicyclic) bond motifs is 1. The number of aromatic nitrogens is 3. The third-order valence-corrected chi connectivity index (χ3v) is 7.46. The predicted molar refractivity (Wildman–Crippen MR) is 170 cm³/mol. The van der Waals surface area contributed by atoms with E-state index in [4.69, 9.17) is 22.7 Å². The van der Waals surface area contributed by atoms with E-state index < -0.39 is 18.2 Å². The standard InChI is InChI=1S/C32H36ClF2N7O/c1-3-23(36)7-5-6-21-14-26(30(35)27(33)15-21)28-16-22-19-42(32(43)41-31(22)40-28)25-10-8-20(9-11-25)18-39-24(4-2)12-13-38-29(37)17-34/h3-4,8-11,14-16,19,23-24,39H,1-2,5-7,12-13,17-18,36H2,(H2,37,38)(H,40,41,43)/t23-,24-/m1/s1. The number of nitrogens with two attached hydrogens (primary N) is 1. The number of H-pyrrole nitrogens is 1. The molecule has 43 heavy (non-hydrogen) atoms. The second-order valence-electron chi connectivity index (χ2n) is 10.3. The van der Waals surface area contributed by atoms with E-state index in [1.807, 2.05) is 24.3 Å². The molecule has 11 heteroatoms. The van der Waals surface area contributed by atoms with E-state index in [1.165, 1.54) is 4.57 Å². The molecule has 0 spiro atoms. The zero-order valence-electron chi connectivity index (χ0n) is 23.8. The Morgan fingerprint density at radius 3 is 2.63 bits per heavy atom. The van der Waals surface area contributed by atoms with Crippen LogP contribution in [0.3, 0.4) is 0 Å². The van der Waals surface area contributed by atoms with Crippen molar-refractivity contribution in [3.05, 3.63) is 106 Å². The van der Waals surface area contributed by atoms with Crippen molar-refractivity contribution >= 4 is 28.5 Å². The fourth-order valence-electron chi connectivity index (χ4n) is 4.72. The minimum atomic E-state index is -0.816. The van der Waals surface area contributed by atoms with Crippen molar-refractivity contribution in [1.29, 1.82) is 5.41 Å². The van der Waals surface area contributed by atoms with Crippen LogP contribution in [-0.2, 0) is 13.0 Å². The van der Waals surface area contributed by atoms with Gasteiger partial charge in [0.1, 0.15) is 18.2 Å². The van der Waals surface area contributed by atoms with Crippen LogP contribution >= 0.6 is 11.6 Å². The van der Waals surface area contributed by atoms with Gasteiger partial charge in [0.2, 0.25) is 0 Å². The molecule has 2 atom stereocenters. The maximum Gasteiger partial charge on any atom is 0.354 e. The third-order valence-electron chi connectivity index (χ3n) is 7.19. The van der Waals surface area contributed by atoms with Gasteiger partial charge in [0.15, 0.2) is 5.82 Å². The zero-order chi connectivity index (χ0) is 30.9. The second-order valence-corrected chi connectivity index (χ2v) is 10.7. The number of halogens is 3. The smallest absolute Gasteiger partial charge is 0.354 e. The normalized spacial score (nSPS) is 12.7. The first-order valence-corrected chi connectivity index (χ1v) is 14.4. The average Bonchev–Trinajstić information content (AvgIpc) is 3.42. The zero-order valence-corrected chi connectivity index (χ0v) is 24.6. The monoisotopic (exact) mass is 607 g/mol. The number of hydrogen-bond donors (Lipinski definition) is 5. The van der Waals surface area contributed by atoms with Gasteiger partial charge in [-0.25, -0.2) is 13.6 Å². The number of aromatic amines is 1. The van der Waals surface area contributed by atoms with Crippen molar-refractivity contribution in [2.45, 2.75) is 44.3 Å². The van der Waals surface area contributed by atoms with Crippen LogP contribution in [0.1, 0.15) is 30.4 Å². The summed E-state index contributed by atoms with van der Waals surface area (Å²) < 4.78 is 29.0. The summed E-state index contributed by atoms with van der Waals surface area (Å²) in [4.78, 5) is 20.2. The van der Waals surface area contributed by atoms with Gasteiger partial charge >= 0.3 is 5.69 Å². The van der Waals surface area contributed by atoms with Gasteiger partial charge in [-0.1, -0.05) is 35.9 Å².